The van der Waals surface area contributed by atoms with E-state index in [1.165, 1.54) is 11.3 Å². The molecule has 0 saturated carbocycles. The minimum atomic E-state index is 0.491. The predicted molar refractivity (Wildman–Crippen MR) is 143 cm³/mol. The van der Waals surface area contributed by atoms with E-state index in [1.807, 2.05) is 36.6 Å². The average Bonchev–Trinajstić information content (AvgIpc) is 3.33. The molecule has 0 fully saturated rings. The van der Waals surface area contributed by atoms with E-state index in [2.05, 4.69) is 0 Å². The normalized spacial score (nSPS) is 11.9. The number of rotatable bonds is 12. The Kier molecular flexibility index (Phi) is 9.81. The molecule has 11 heteroatoms. The molecule has 1 aromatic heterocycles. The van der Waals surface area contributed by atoms with Gasteiger partial charge in [-0.25, -0.2) is 4.68 Å². The maximum Gasteiger partial charge on any atom is 0.206 e. The predicted octanol–water partition coefficient (Wildman–Crippen LogP) is 4.09. The molecule has 0 N–H and O–H groups in total. The third kappa shape index (κ3) is 6.00. The van der Waals surface area contributed by atoms with E-state index in [9.17, 15) is 0 Å². The molecule has 3 aromatic rings. The molecule has 0 unspecified atom stereocenters. The van der Waals surface area contributed by atoms with Crippen molar-refractivity contribution in [2.24, 2.45) is 10.1 Å². The molecule has 0 atom stereocenters. The van der Waals surface area contributed by atoms with Gasteiger partial charge in [0.25, 0.3) is 0 Å². The molecule has 0 aliphatic heterocycles. The van der Waals surface area contributed by atoms with Crippen LogP contribution in [-0.2, 0) is 4.74 Å². The Morgan fingerprint density at radius 3 is 1.73 bits per heavy atom. The molecule has 0 spiro atoms. The van der Waals surface area contributed by atoms with Crippen LogP contribution in [0.3, 0.4) is 0 Å². The quantitative estimate of drug-likeness (QED) is 0.257. The molecule has 0 aliphatic rings. The van der Waals surface area contributed by atoms with Crippen LogP contribution >= 0.6 is 11.3 Å². The van der Waals surface area contributed by atoms with Gasteiger partial charge in [0.2, 0.25) is 16.3 Å². The minimum absolute atomic E-state index is 0.491. The highest BCUT2D eigenvalue weighted by Gasteiger charge is 2.18. The average molecular weight is 532 g/mol. The number of methoxy groups -OCH3 is 7. The SMILES string of the molecule is COCCN=c1scc(-c2cc(OC)c(OC)c(OC)c2)n1/N=C(/C)c1cc(OC)c(OC)c(OC)c1. The summed E-state index contributed by atoms with van der Waals surface area (Å²) in [7, 11) is 11.1. The van der Waals surface area contributed by atoms with E-state index in [0.717, 1.165) is 16.8 Å². The number of hydrogen-bond donors (Lipinski definition) is 0. The molecule has 10 nitrogen and oxygen atoms in total. The van der Waals surface area contributed by atoms with Gasteiger partial charge < -0.3 is 33.2 Å². The van der Waals surface area contributed by atoms with Gasteiger partial charge in [-0.1, -0.05) is 0 Å². The van der Waals surface area contributed by atoms with Crippen molar-refractivity contribution in [2.45, 2.75) is 6.92 Å². The molecule has 0 radical (unpaired) electrons. The molecular weight excluding hydrogens is 498 g/mol. The highest BCUT2D eigenvalue weighted by Crippen LogP contribution is 2.41. The summed E-state index contributed by atoms with van der Waals surface area (Å²) in [5, 5.41) is 6.93. The first-order valence-electron chi connectivity index (χ1n) is 11.3. The molecule has 37 heavy (non-hydrogen) atoms. The first-order valence-corrected chi connectivity index (χ1v) is 12.2. The number of ether oxygens (including phenoxy) is 7. The van der Waals surface area contributed by atoms with Gasteiger partial charge >= 0.3 is 0 Å². The second-order valence-electron chi connectivity index (χ2n) is 7.60. The van der Waals surface area contributed by atoms with Crippen LogP contribution in [0.25, 0.3) is 11.3 Å². The summed E-state index contributed by atoms with van der Waals surface area (Å²) in [6.45, 7) is 2.89. The molecule has 2 aromatic carbocycles. The summed E-state index contributed by atoms with van der Waals surface area (Å²) in [4.78, 5) is 5.40. The second-order valence-corrected chi connectivity index (χ2v) is 8.44. The zero-order valence-corrected chi connectivity index (χ0v) is 23.2. The number of nitrogens with zero attached hydrogens (tertiary/aromatic N) is 3. The van der Waals surface area contributed by atoms with Crippen molar-refractivity contribution in [3.05, 3.63) is 40.0 Å². The summed E-state index contributed by atoms with van der Waals surface area (Å²) < 4.78 is 40.1. The van der Waals surface area contributed by atoms with Gasteiger partial charge in [-0.2, -0.15) is 5.10 Å². The standard InChI is InChI=1S/C26H33N3O7S/c1-16(17-11-20(31-3)24(35-7)21(12-17)32-4)28-29-19(15-37-26(29)27-9-10-30-2)18-13-22(33-5)25(36-8)23(14-18)34-6/h11-15H,9-10H2,1-8H3/b27-26?,28-16-. The molecular formula is C26H33N3O7S. The van der Waals surface area contributed by atoms with Crippen LogP contribution in [0, 0.1) is 0 Å². The molecule has 0 aliphatic carbocycles. The van der Waals surface area contributed by atoms with Gasteiger partial charge in [-0.3, -0.25) is 4.99 Å². The van der Waals surface area contributed by atoms with Crippen molar-refractivity contribution in [3.63, 3.8) is 0 Å². The molecule has 0 saturated heterocycles. The Morgan fingerprint density at radius 2 is 1.27 bits per heavy atom. The summed E-state index contributed by atoms with van der Waals surface area (Å²) in [6, 6.07) is 7.47. The van der Waals surface area contributed by atoms with E-state index in [4.69, 9.17) is 43.3 Å². The van der Waals surface area contributed by atoms with Crippen molar-refractivity contribution in [3.8, 4) is 45.8 Å². The number of hydrogen-bond acceptors (Lipinski definition) is 10. The van der Waals surface area contributed by atoms with Crippen molar-refractivity contribution in [1.82, 2.24) is 4.68 Å². The largest absolute Gasteiger partial charge is 0.493 e. The van der Waals surface area contributed by atoms with E-state index >= 15 is 0 Å². The highest BCUT2D eigenvalue weighted by atomic mass is 32.1. The van der Waals surface area contributed by atoms with Gasteiger partial charge in [-0.15, -0.1) is 11.3 Å². The summed E-state index contributed by atoms with van der Waals surface area (Å²) in [5.41, 5.74) is 3.12. The molecule has 0 bridgehead atoms. The first-order chi connectivity index (χ1) is 18.0. The van der Waals surface area contributed by atoms with Gasteiger partial charge in [0.15, 0.2) is 23.0 Å². The van der Waals surface area contributed by atoms with Crippen LogP contribution < -0.4 is 33.2 Å². The first kappa shape index (κ1) is 27.9. The van der Waals surface area contributed by atoms with E-state index < -0.39 is 0 Å². The number of aromatic nitrogens is 1. The van der Waals surface area contributed by atoms with E-state index in [0.29, 0.717) is 58.2 Å². The molecule has 1 heterocycles. The summed E-state index contributed by atoms with van der Waals surface area (Å²) >= 11 is 1.47. The third-order valence-electron chi connectivity index (χ3n) is 5.52. The topological polar surface area (TPSA) is 94.3 Å². The van der Waals surface area contributed by atoms with Gasteiger partial charge in [-0.05, 0) is 31.2 Å². The lowest BCUT2D eigenvalue weighted by molar-refractivity contribution is 0.207. The lowest BCUT2D eigenvalue weighted by Crippen LogP contribution is -2.15. The highest BCUT2D eigenvalue weighted by molar-refractivity contribution is 7.07. The Morgan fingerprint density at radius 1 is 0.757 bits per heavy atom. The zero-order chi connectivity index (χ0) is 26.9. The van der Waals surface area contributed by atoms with Crippen LogP contribution in [0.1, 0.15) is 12.5 Å². The van der Waals surface area contributed by atoms with Crippen molar-refractivity contribution < 1.29 is 33.2 Å². The van der Waals surface area contributed by atoms with E-state index in [-0.39, 0.29) is 0 Å². The van der Waals surface area contributed by atoms with Gasteiger partial charge in [0.05, 0.1) is 67.2 Å². The van der Waals surface area contributed by atoms with Crippen LogP contribution in [0.15, 0.2) is 39.7 Å². The maximum absolute atomic E-state index is 5.56. The Labute approximate surface area is 220 Å². The van der Waals surface area contributed by atoms with Crippen molar-refractivity contribution in [1.29, 1.82) is 0 Å². The molecule has 0 amide bonds. The fourth-order valence-corrected chi connectivity index (χ4v) is 4.52. The molecule has 3 rings (SSSR count). The third-order valence-corrected chi connectivity index (χ3v) is 6.37. The monoisotopic (exact) mass is 531 g/mol. The summed E-state index contributed by atoms with van der Waals surface area (Å²) in [5.74, 6) is 3.18. The summed E-state index contributed by atoms with van der Waals surface area (Å²) in [6.07, 6.45) is 0. The van der Waals surface area contributed by atoms with Crippen LogP contribution in [-0.4, -0.2) is 73.3 Å². The van der Waals surface area contributed by atoms with Crippen molar-refractivity contribution >= 4 is 17.0 Å². The lowest BCUT2D eigenvalue weighted by atomic mass is 10.1. The van der Waals surface area contributed by atoms with E-state index in [1.54, 1.807) is 54.4 Å². The Hall–Kier alpha value is -3.70. The van der Waals surface area contributed by atoms with Crippen molar-refractivity contribution in [2.75, 3.05) is 62.9 Å². The lowest BCUT2D eigenvalue weighted by Gasteiger charge is -2.15. The number of benzene rings is 2. The zero-order valence-electron chi connectivity index (χ0n) is 22.4. The smallest absolute Gasteiger partial charge is 0.206 e. The fourth-order valence-electron chi connectivity index (χ4n) is 3.66. The minimum Gasteiger partial charge on any atom is -0.493 e. The Bertz CT molecular complexity index is 1260. The van der Waals surface area contributed by atoms with Crippen LogP contribution in [0.2, 0.25) is 0 Å². The maximum atomic E-state index is 5.56. The van der Waals surface area contributed by atoms with Crippen LogP contribution in [0.5, 0.6) is 34.5 Å². The Balaban J connectivity index is 2.23. The number of thiazole rings is 1. The van der Waals surface area contributed by atoms with Gasteiger partial charge in [0, 0.05) is 23.6 Å². The second kappa shape index (κ2) is 13.0. The fraction of sp³-hybridized carbons (Fsp3) is 0.385. The van der Waals surface area contributed by atoms with Crippen LogP contribution in [0.4, 0.5) is 0 Å². The van der Waals surface area contributed by atoms with Gasteiger partial charge in [0.1, 0.15) is 0 Å². The molecule has 200 valence electrons.